The normalized spacial score (nSPS) is 12.9. The van der Waals surface area contributed by atoms with Crippen LogP contribution in [0.25, 0.3) is 0 Å². The van der Waals surface area contributed by atoms with Crippen molar-refractivity contribution in [3.63, 3.8) is 0 Å². The van der Waals surface area contributed by atoms with Crippen LogP contribution in [0.2, 0.25) is 0 Å². The molecule has 21 heavy (non-hydrogen) atoms. The van der Waals surface area contributed by atoms with Crippen molar-refractivity contribution < 1.29 is 14.2 Å². The summed E-state index contributed by atoms with van der Waals surface area (Å²) in [5.74, 6) is 0.763. The number of hydrogen-bond acceptors (Lipinski definition) is 5. The van der Waals surface area contributed by atoms with Crippen LogP contribution in [0.1, 0.15) is 45.9 Å². The molecule has 0 fully saturated rings. The summed E-state index contributed by atoms with van der Waals surface area (Å²) in [6.45, 7) is 11.0. The van der Waals surface area contributed by atoms with Crippen LogP contribution >= 0.6 is 0 Å². The average molecular weight is 299 g/mol. The highest BCUT2D eigenvalue weighted by Crippen LogP contribution is 2.29. The first kappa shape index (κ1) is 17.9. The zero-order chi connectivity index (χ0) is 15.7. The predicted molar refractivity (Wildman–Crippen MR) is 82.5 cm³/mol. The molecule has 0 aliphatic rings. The van der Waals surface area contributed by atoms with Gasteiger partial charge in [-0.05, 0) is 26.8 Å². The molecule has 1 atom stereocenters. The Balaban J connectivity index is 3.14. The molecular weight excluding hydrogens is 270 g/mol. The Morgan fingerprint density at radius 1 is 1.19 bits per heavy atom. The molecule has 0 saturated heterocycles. The van der Waals surface area contributed by atoms with Gasteiger partial charge in [-0.1, -0.05) is 13.8 Å². The van der Waals surface area contributed by atoms with E-state index in [0.717, 1.165) is 31.0 Å². The summed E-state index contributed by atoms with van der Waals surface area (Å²) in [5.41, 5.74) is 0.980. The number of rotatable bonds is 11. The SMILES string of the molecule is CCCn1ncc(OC)c1C(NCC)C(OCC)OCC. The number of aromatic nitrogens is 2. The molecule has 1 N–H and O–H groups in total. The molecule has 0 aliphatic carbocycles. The van der Waals surface area contributed by atoms with E-state index in [-0.39, 0.29) is 12.3 Å². The third-order valence-corrected chi connectivity index (χ3v) is 3.15. The standard InChI is InChI=1S/C15H29N3O3/c1-6-10-18-14(12(19-5)11-17-18)13(16-7-2)15(20-8-3)21-9-4/h11,13,15-16H,6-10H2,1-5H3. The first-order valence-electron chi connectivity index (χ1n) is 7.79. The number of aryl methyl sites for hydroxylation is 1. The Hall–Kier alpha value is -1.11. The van der Waals surface area contributed by atoms with Crippen LogP contribution in [-0.4, -0.2) is 42.9 Å². The molecule has 1 aromatic rings. The van der Waals surface area contributed by atoms with E-state index in [9.17, 15) is 0 Å². The van der Waals surface area contributed by atoms with Crippen LogP contribution < -0.4 is 10.1 Å². The summed E-state index contributed by atoms with van der Waals surface area (Å²) >= 11 is 0. The molecule has 0 radical (unpaired) electrons. The van der Waals surface area contributed by atoms with Crippen LogP contribution in [0.15, 0.2) is 6.20 Å². The Kier molecular flexibility index (Phi) is 8.34. The van der Waals surface area contributed by atoms with E-state index in [1.165, 1.54) is 0 Å². The molecule has 1 unspecified atom stereocenters. The number of hydrogen-bond donors (Lipinski definition) is 1. The van der Waals surface area contributed by atoms with Crippen LogP contribution in [-0.2, 0) is 16.0 Å². The summed E-state index contributed by atoms with van der Waals surface area (Å²) < 4.78 is 19.0. The van der Waals surface area contributed by atoms with Crippen molar-refractivity contribution in [2.24, 2.45) is 0 Å². The lowest BCUT2D eigenvalue weighted by Gasteiger charge is -2.28. The van der Waals surface area contributed by atoms with Crippen molar-refractivity contribution in [2.45, 2.75) is 53.0 Å². The molecule has 0 aliphatic heterocycles. The third kappa shape index (κ3) is 4.69. The lowest BCUT2D eigenvalue weighted by atomic mass is 10.1. The van der Waals surface area contributed by atoms with E-state index < -0.39 is 0 Å². The molecule has 0 aromatic carbocycles. The minimum absolute atomic E-state index is 0.112. The van der Waals surface area contributed by atoms with Gasteiger partial charge in [0, 0.05) is 19.8 Å². The monoisotopic (exact) mass is 299 g/mol. The molecule has 0 bridgehead atoms. The number of methoxy groups -OCH3 is 1. The first-order chi connectivity index (χ1) is 10.2. The van der Waals surface area contributed by atoms with Gasteiger partial charge >= 0.3 is 0 Å². The minimum Gasteiger partial charge on any atom is -0.493 e. The molecule has 6 heteroatoms. The van der Waals surface area contributed by atoms with Crippen molar-refractivity contribution >= 4 is 0 Å². The van der Waals surface area contributed by atoms with Crippen LogP contribution in [0.5, 0.6) is 5.75 Å². The van der Waals surface area contributed by atoms with Gasteiger partial charge in [-0.2, -0.15) is 5.10 Å². The molecular formula is C15H29N3O3. The van der Waals surface area contributed by atoms with Gasteiger partial charge in [0.2, 0.25) is 0 Å². The smallest absolute Gasteiger partial charge is 0.178 e. The van der Waals surface area contributed by atoms with E-state index in [2.05, 4.69) is 24.3 Å². The molecule has 1 heterocycles. The van der Waals surface area contributed by atoms with Crippen molar-refractivity contribution in [2.75, 3.05) is 26.9 Å². The first-order valence-corrected chi connectivity index (χ1v) is 7.79. The lowest BCUT2D eigenvalue weighted by Crippen LogP contribution is -2.37. The van der Waals surface area contributed by atoms with Gasteiger partial charge < -0.3 is 19.5 Å². The van der Waals surface area contributed by atoms with Crippen molar-refractivity contribution in [3.05, 3.63) is 11.9 Å². The second-order valence-electron chi connectivity index (χ2n) is 4.64. The van der Waals surface area contributed by atoms with E-state index in [1.54, 1.807) is 13.3 Å². The van der Waals surface area contributed by atoms with Crippen LogP contribution in [0, 0.1) is 0 Å². The quantitative estimate of drug-likeness (QED) is 0.636. The minimum atomic E-state index is -0.360. The predicted octanol–water partition coefficient (Wildman–Crippen LogP) is 2.35. The van der Waals surface area contributed by atoms with E-state index >= 15 is 0 Å². The zero-order valence-electron chi connectivity index (χ0n) is 13.9. The van der Waals surface area contributed by atoms with Crippen molar-refractivity contribution in [1.29, 1.82) is 0 Å². The molecule has 1 aromatic heterocycles. The summed E-state index contributed by atoms with van der Waals surface area (Å²) in [6, 6.07) is -0.112. The van der Waals surface area contributed by atoms with Gasteiger partial charge in [-0.25, -0.2) is 0 Å². The van der Waals surface area contributed by atoms with E-state index in [0.29, 0.717) is 13.2 Å². The summed E-state index contributed by atoms with van der Waals surface area (Å²) in [5, 5.41) is 7.86. The lowest BCUT2D eigenvalue weighted by molar-refractivity contribution is -0.156. The second-order valence-corrected chi connectivity index (χ2v) is 4.64. The van der Waals surface area contributed by atoms with Gasteiger partial charge in [0.1, 0.15) is 11.7 Å². The third-order valence-electron chi connectivity index (χ3n) is 3.15. The topological polar surface area (TPSA) is 57.5 Å². The highest BCUT2D eigenvalue weighted by molar-refractivity contribution is 5.29. The fourth-order valence-corrected chi connectivity index (χ4v) is 2.35. The molecule has 1 rings (SSSR count). The maximum atomic E-state index is 5.77. The van der Waals surface area contributed by atoms with E-state index in [4.69, 9.17) is 14.2 Å². The maximum absolute atomic E-state index is 5.77. The molecule has 0 amide bonds. The summed E-state index contributed by atoms with van der Waals surface area (Å²) in [4.78, 5) is 0. The van der Waals surface area contributed by atoms with Crippen molar-refractivity contribution in [3.8, 4) is 5.75 Å². The van der Waals surface area contributed by atoms with Crippen LogP contribution in [0.4, 0.5) is 0 Å². The molecule has 0 saturated carbocycles. The van der Waals surface area contributed by atoms with Crippen LogP contribution in [0.3, 0.4) is 0 Å². The highest BCUT2D eigenvalue weighted by Gasteiger charge is 2.30. The largest absolute Gasteiger partial charge is 0.493 e. The number of nitrogens with zero attached hydrogens (tertiary/aromatic N) is 2. The Morgan fingerprint density at radius 2 is 1.86 bits per heavy atom. The summed E-state index contributed by atoms with van der Waals surface area (Å²) in [7, 11) is 1.66. The number of nitrogens with one attached hydrogen (secondary N) is 1. The highest BCUT2D eigenvalue weighted by atomic mass is 16.7. The Labute approximate surface area is 127 Å². The second kappa shape index (κ2) is 9.76. The number of likely N-dealkylation sites (N-methyl/N-ethyl adjacent to an activating group) is 1. The summed E-state index contributed by atoms with van der Waals surface area (Å²) in [6.07, 6.45) is 2.40. The van der Waals surface area contributed by atoms with Crippen molar-refractivity contribution in [1.82, 2.24) is 15.1 Å². The Bertz CT molecular complexity index is 390. The van der Waals surface area contributed by atoms with Gasteiger partial charge in [-0.15, -0.1) is 0 Å². The zero-order valence-corrected chi connectivity index (χ0v) is 13.9. The maximum Gasteiger partial charge on any atom is 0.178 e. The molecule has 122 valence electrons. The van der Waals surface area contributed by atoms with Gasteiger partial charge in [-0.3, -0.25) is 4.68 Å². The van der Waals surface area contributed by atoms with Gasteiger partial charge in [0.05, 0.1) is 13.3 Å². The van der Waals surface area contributed by atoms with Gasteiger partial charge in [0.15, 0.2) is 12.0 Å². The number of ether oxygens (including phenoxy) is 3. The van der Waals surface area contributed by atoms with E-state index in [1.807, 2.05) is 18.5 Å². The molecule has 0 spiro atoms. The Morgan fingerprint density at radius 3 is 2.33 bits per heavy atom. The van der Waals surface area contributed by atoms with Gasteiger partial charge in [0.25, 0.3) is 0 Å². The molecule has 6 nitrogen and oxygen atoms in total. The fourth-order valence-electron chi connectivity index (χ4n) is 2.35. The average Bonchev–Trinajstić information content (AvgIpc) is 2.88. The fraction of sp³-hybridized carbons (Fsp3) is 0.800.